The van der Waals surface area contributed by atoms with E-state index in [0.29, 0.717) is 21.4 Å². The molecule has 1 saturated carbocycles. The van der Waals surface area contributed by atoms with Gasteiger partial charge in [0.1, 0.15) is 11.6 Å². The van der Waals surface area contributed by atoms with Crippen molar-refractivity contribution in [1.82, 2.24) is 9.55 Å². The van der Waals surface area contributed by atoms with Crippen LogP contribution >= 0.6 is 34.2 Å². The van der Waals surface area contributed by atoms with E-state index >= 15 is 0 Å². The van der Waals surface area contributed by atoms with Crippen molar-refractivity contribution in [3.8, 4) is 0 Å². The summed E-state index contributed by atoms with van der Waals surface area (Å²) in [7, 11) is 0. The number of aromatic nitrogens is 2. The SMILES string of the molecule is CC1CCCC1n1c(CCl)nc2cc(I)c(F)cc21. The molecule has 1 aromatic heterocycles. The Bertz CT molecular complexity index is 625. The molecule has 2 aromatic rings. The highest BCUT2D eigenvalue weighted by Crippen LogP contribution is 2.38. The molecule has 1 aliphatic rings. The molecule has 2 nitrogen and oxygen atoms in total. The van der Waals surface area contributed by atoms with Crippen molar-refractivity contribution in [2.24, 2.45) is 5.92 Å². The lowest BCUT2D eigenvalue weighted by Crippen LogP contribution is -2.14. The molecule has 1 fully saturated rings. The number of rotatable bonds is 2. The summed E-state index contributed by atoms with van der Waals surface area (Å²) in [5.41, 5.74) is 1.73. The first kappa shape index (κ1) is 13.6. The molecular weight excluding hydrogens is 378 g/mol. The van der Waals surface area contributed by atoms with Gasteiger partial charge in [0.25, 0.3) is 0 Å². The van der Waals surface area contributed by atoms with Crippen LogP contribution in [0.15, 0.2) is 12.1 Å². The summed E-state index contributed by atoms with van der Waals surface area (Å²) in [6.07, 6.45) is 3.57. The van der Waals surface area contributed by atoms with Crippen molar-refractivity contribution in [3.63, 3.8) is 0 Å². The van der Waals surface area contributed by atoms with Gasteiger partial charge in [-0.05, 0) is 47.4 Å². The minimum atomic E-state index is -0.180. The number of hydrogen-bond donors (Lipinski definition) is 0. The molecule has 2 unspecified atom stereocenters. The Balaban J connectivity index is 2.23. The van der Waals surface area contributed by atoms with E-state index in [9.17, 15) is 4.39 Å². The highest BCUT2D eigenvalue weighted by Gasteiger charge is 2.28. The number of hydrogen-bond acceptors (Lipinski definition) is 1. The average Bonchev–Trinajstić information content (AvgIpc) is 2.93. The zero-order valence-electron chi connectivity index (χ0n) is 10.7. The summed E-state index contributed by atoms with van der Waals surface area (Å²) in [4.78, 5) is 4.57. The van der Waals surface area contributed by atoms with Gasteiger partial charge in [-0.15, -0.1) is 11.6 Å². The van der Waals surface area contributed by atoms with Crippen LogP contribution in [0.2, 0.25) is 0 Å². The zero-order valence-corrected chi connectivity index (χ0v) is 13.6. The molecule has 0 spiro atoms. The van der Waals surface area contributed by atoms with Gasteiger partial charge in [0.15, 0.2) is 0 Å². The van der Waals surface area contributed by atoms with Gasteiger partial charge >= 0.3 is 0 Å². The van der Waals surface area contributed by atoms with Gasteiger partial charge < -0.3 is 4.57 Å². The van der Waals surface area contributed by atoms with Crippen LogP contribution in [0.3, 0.4) is 0 Å². The van der Waals surface area contributed by atoms with E-state index in [4.69, 9.17) is 11.6 Å². The number of benzene rings is 1. The summed E-state index contributed by atoms with van der Waals surface area (Å²) >= 11 is 8.03. The molecule has 0 bridgehead atoms. The number of alkyl halides is 1. The first-order valence-corrected chi connectivity index (χ1v) is 8.15. The van der Waals surface area contributed by atoms with Gasteiger partial charge in [0, 0.05) is 12.1 Å². The van der Waals surface area contributed by atoms with Crippen molar-refractivity contribution >= 4 is 45.2 Å². The number of fused-ring (bicyclic) bond motifs is 1. The summed E-state index contributed by atoms with van der Waals surface area (Å²) in [6.45, 7) is 2.25. The normalized spacial score (nSPS) is 23.4. The summed E-state index contributed by atoms with van der Waals surface area (Å²) < 4.78 is 16.6. The minimum Gasteiger partial charge on any atom is -0.323 e. The topological polar surface area (TPSA) is 17.8 Å². The Labute approximate surface area is 130 Å². The molecule has 1 aromatic carbocycles. The maximum Gasteiger partial charge on any atom is 0.138 e. The lowest BCUT2D eigenvalue weighted by molar-refractivity contribution is 0.408. The third-order valence-corrected chi connectivity index (χ3v) is 5.14. The first-order valence-electron chi connectivity index (χ1n) is 6.53. The van der Waals surface area contributed by atoms with E-state index in [1.807, 2.05) is 22.6 Å². The van der Waals surface area contributed by atoms with E-state index < -0.39 is 0 Å². The Morgan fingerprint density at radius 3 is 2.89 bits per heavy atom. The van der Waals surface area contributed by atoms with Crippen molar-refractivity contribution in [2.45, 2.75) is 38.1 Å². The van der Waals surface area contributed by atoms with Crippen LogP contribution in [0, 0.1) is 15.3 Å². The average molecular weight is 393 g/mol. The molecule has 1 heterocycles. The Kier molecular flexibility index (Phi) is 3.73. The lowest BCUT2D eigenvalue weighted by Gasteiger charge is -2.20. The van der Waals surface area contributed by atoms with Gasteiger partial charge in [0.05, 0.1) is 20.5 Å². The fraction of sp³-hybridized carbons (Fsp3) is 0.500. The Morgan fingerprint density at radius 1 is 1.47 bits per heavy atom. The minimum absolute atomic E-state index is 0.180. The monoisotopic (exact) mass is 392 g/mol. The van der Waals surface area contributed by atoms with Crippen molar-refractivity contribution in [2.75, 3.05) is 0 Å². The van der Waals surface area contributed by atoms with Crippen molar-refractivity contribution in [1.29, 1.82) is 0 Å². The van der Waals surface area contributed by atoms with Crippen LogP contribution in [0.4, 0.5) is 4.39 Å². The summed E-state index contributed by atoms with van der Waals surface area (Å²) in [5, 5.41) is 0. The second-order valence-corrected chi connectivity index (χ2v) is 6.69. The van der Waals surface area contributed by atoms with Crippen LogP contribution in [-0.2, 0) is 5.88 Å². The van der Waals surface area contributed by atoms with E-state index in [0.717, 1.165) is 23.3 Å². The highest BCUT2D eigenvalue weighted by atomic mass is 127. The van der Waals surface area contributed by atoms with Crippen molar-refractivity contribution in [3.05, 3.63) is 27.3 Å². The standard InChI is InChI=1S/C14H15ClFIN2/c1-8-3-2-4-12(8)19-13-5-9(16)10(17)6-11(13)18-14(19)7-15/h5-6,8,12H,2-4,7H2,1H3. The summed E-state index contributed by atoms with van der Waals surface area (Å²) in [6, 6.07) is 3.81. The van der Waals surface area contributed by atoms with Gasteiger partial charge in [-0.25, -0.2) is 9.37 Å². The second kappa shape index (κ2) is 5.20. The molecule has 2 atom stereocenters. The van der Waals surface area contributed by atoms with Gasteiger partial charge in [0.2, 0.25) is 0 Å². The molecule has 0 aliphatic heterocycles. The van der Waals surface area contributed by atoms with Crippen LogP contribution in [-0.4, -0.2) is 9.55 Å². The number of imidazole rings is 1. The van der Waals surface area contributed by atoms with Crippen LogP contribution in [0.25, 0.3) is 11.0 Å². The highest BCUT2D eigenvalue weighted by molar-refractivity contribution is 14.1. The van der Waals surface area contributed by atoms with E-state index in [1.54, 1.807) is 12.1 Å². The second-order valence-electron chi connectivity index (χ2n) is 5.26. The number of nitrogens with zero attached hydrogens (tertiary/aromatic N) is 2. The molecule has 0 radical (unpaired) electrons. The summed E-state index contributed by atoms with van der Waals surface area (Å²) in [5.74, 6) is 1.65. The van der Waals surface area contributed by atoms with Crippen LogP contribution in [0.5, 0.6) is 0 Å². The maximum absolute atomic E-state index is 13.8. The zero-order chi connectivity index (χ0) is 13.6. The third-order valence-electron chi connectivity index (χ3n) is 4.07. The van der Waals surface area contributed by atoms with E-state index in [-0.39, 0.29) is 5.82 Å². The molecule has 19 heavy (non-hydrogen) atoms. The molecule has 3 rings (SSSR count). The van der Waals surface area contributed by atoms with E-state index in [1.165, 1.54) is 12.8 Å². The van der Waals surface area contributed by atoms with Gasteiger partial charge in [-0.2, -0.15) is 0 Å². The van der Waals surface area contributed by atoms with Gasteiger partial charge in [-0.3, -0.25) is 0 Å². The predicted molar refractivity (Wildman–Crippen MR) is 84.0 cm³/mol. The fourth-order valence-electron chi connectivity index (χ4n) is 3.11. The van der Waals surface area contributed by atoms with Crippen LogP contribution < -0.4 is 0 Å². The quantitative estimate of drug-likeness (QED) is 0.526. The lowest BCUT2D eigenvalue weighted by atomic mass is 10.1. The molecule has 1 aliphatic carbocycles. The smallest absolute Gasteiger partial charge is 0.138 e. The molecular formula is C14H15ClFIN2. The first-order chi connectivity index (χ1) is 9.11. The number of halogens is 3. The predicted octanol–water partition coefficient (Wildman–Crippen LogP) is 4.88. The van der Waals surface area contributed by atoms with Gasteiger partial charge in [-0.1, -0.05) is 13.3 Å². The largest absolute Gasteiger partial charge is 0.323 e. The molecule has 0 N–H and O–H groups in total. The molecule has 0 saturated heterocycles. The Morgan fingerprint density at radius 2 is 2.26 bits per heavy atom. The third kappa shape index (κ3) is 2.27. The maximum atomic E-state index is 13.8. The van der Waals surface area contributed by atoms with E-state index in [2.05, 4.69) is 16.5 Å². The molecule has 0 amide bonds. The fourth-order valence-corrected chi connectivity index (χ4v) is 3.75. The molecule has 102 valence electrons. The Hall–Kier alpha value is -0.360. The van der Waals surface area contributed by atoms with Crippen molar-refractivity contribution < 1.29 is 4.39 Å². The van der Waals surface area contributed by atoms with Crippen LogP contribution in [0.1, 0.15) is 38.1 Å². The molecule has 5 heteroatoms.